The Labute approximate surface area is 127 Å². The van der Waals surface area contributed by atoms with Crippen LogP contribution in [-0.2, 0) is 11.3 Å². The first-order valence-corrected chi connectivity index (χ1v) is 7.66. The quantitative estimate of drug-likeness (QED) is 0.797. The molecule has 0 heterocycles. The van der Waals surface area contributed by atoms with Crippen LogP contribution in [-0.4, -0.2) is 24.7 Å². The van der Waals surface area contributed by atoms with Crippen molar-refractivity contribution in [1.82, 2.24) is 5.32 Å². The maximum Gasteiger partial charge on any atom is 0.251 e. The molecule has 0 aliphatic heterocycles. The lowest BCUT2D eigenvalue weighted by atomic mass is 10.1. The van der Waals surface area contributed by atoms with Crippen molar-refractivity contribution in [3.8, 4) is 5.75 Å². The maximum atomic E-state index is 12.2. The van der Waals surface area contributed by atoms with E-state index in [1.807, 2.05) is 46.8 Å². The molecule has 0 aliphatic rings. The number of rotatable bonds is 8. The second-order valence-corrected chi connectivity index (χ2v) is 5.40. The van der Waals surface area contributed by atoms with Gasteiger partial charge in [0.05, 0.1) is 19.3 Å². The third-order valence-electron chi connectivity index (χ3n) is 3.18. The molecule has 1 amide bonds. The molecule has 0 saturated carbocycles. The van der Waals surface area contributed by atoms with Gasteiger partial charge in [-0.2, -0.15) is 0 Å². The fourth-order valence-electron chi connectivity index (χ4n) is 1.80. The molecule has 0 aliphatic carbocycles. The monoisotopic (exact) mass is 293 g/mol. The Kier molecular flexibility index (Phi) is 7.23. The number of hydrogen-bond acceptors (Lipinski definition) is 3. The van der Waals surface area contributed by atoms with Gasteiger partial charge in [-0.25, -0.2) is 0 Å². The summed E-state index contributed by atoms with van der Waals surface area (Å²) in [6, 6.07) is 5.65. The Balaban J connectivity index is 2.91. The summed E-state index contributed by atoms with van der Waals surface area (Å²) >= 11 is 0. The van der Waals surface area contributed by atoms with Crippen LogP contribution in [0.1, 0.15) is 57.0 Å². The van der Waals surface area contributed by atoms with Gasteiger partial charge in [0.15, 0.2) is 0 Å². The van der Waals surface area contributed by atoms with Gasteiger partial charge in [0.2, 0.25) is 0 Å². The Morgan fingerprint density at radius 2 is 1.95 bits per heavy atom. The summed E-state index contributed by atoms with van der Waals surface area (Å²) in [6.45, 7) is 11.0. The average Bonchev–Trinajstić information content (AvgIpc) is 2.46. The lowest BCUT2D eigenvalue weighted by Gasteiger charge is -2.15. The zero-order valence-corrected chi connectivity index (χ0v) is 13.7. The molecule has 1 aromatic rings. The molecule has 0 bridgehead atoms. The van der Waals surface area contributed by atoms with Crippen LogP contribution in [0.4, 0.5) is 0 Å². The largest absolute Gasteiger partial charge is 0.494 e. The van der Waals surface area contributed by atoms with Crippen molar-refractivity contribution in [1.29, 1.82) is 0 Å². The topological polar surface area (TPSA) is 47.6 Å². The van der Waals surface area contributed by atoms with E-state index in [1.165, 1.54) is 0 Å². The molecule has 4 nitrogen and oxygen atoms in total. The van der Waals surface area contributed by atoms with Crippen LogP contribution in [0.5, 0.6) is 5.75 Å². The van der Waals surface area contributed by atoms with E-state index in [1.54, 1.807) is 6.07 Å². The molecule has 21 heavy (non-hydrogen) atoms. The maximum absolute atomic E-state index is 12.2. The van der Waals surface area contributed by atoms with E-state index in [-0.39, 0.29) is 18.1 Å². The molecule has 1 atom stereocenters. The van der Waals surface area contributed by atoms with E-state index < -0.39 is 0 Å². The van der Waals surface area contributed by atoms with E-state index in [0.29, 0.717) is 18.8 Å². The van der Waals surface area contributed by atoms with Crippen molar-refractivity contribution < 1.29 is 14.3 Å². The molecule has 0 unspecified atom stereocenters. The molecular formula is C17H27NO3. The van der Waals surface area contributed by atoms with Crippen molar-refractivity contribution >= 4 is 5.91 Å². The highest BCUT2D eigenvalue weighted by atomic mass is 16.5. The first-order valence-electron chi connectivity index (χ1n) is 7.66. The van der Waals surface area contributed by atoms with Gasteiger partial charge in [-0.3, -0.25) is 4.79 Å². The Morgan fingerprint density at radius 1 is 1.24 bits per heavy atom. The van der Waals surface area contributed by atoms with Crippen LogP contribution in [0.15, 0.2) is 18.2 Å². The van der Waals surface area contributed by atoms with Crippen LogP contribution >= 0.6 is 0 Å². The van der Waals surface area contributed by atoms with Crippen molar-refractivity contribution in [2.75, 3.05) is 6.61 Å². The van der Waals surface area contributed by atoms with Crippen LogP contribution in [0, 0.1) is 0 Å². The predicted molar refractivity (Wildman–Crippen MR) is 84.8 cm³/mol. The SMILES string of the molecule is CCOc1ccc(C(=O)N[C@@H](C)CC)cc1COC(C)C. The molecule has 0 spiro atoms. The number of carbonyl (C=O) groups is 1. The summed E-state index contributed by atoms with van der Waals surface area (Å²) in [7, 11) is 0. The summed E-state index contributed by atoms with van der Waals surface area (Å²) in [5.41, 5.74) is 1.54. The van der Waals surface area contributed by atoms with Crippen LogP contribution in [0.25, 0.3) is 0 Å². The minimum atomic E-state index is -0.0572. The minimum Gasteiger partial charge on any atom is -0.494 e. The fourth-order valence-corrected chi connectivity index (χ4v) is 1.80. The zero-order chi connectivity index (χ0) is 15.8. The number of nitrogens with one attached hydrogen (secondary N) is 1. The molecule has 118 valence electrons. The molecule has 0 fully saturated rings. The lowest BCUT2D eigenvalue weighted by Crippen LogP contribution is -2.31. The van der Waals surface area contributed by atoms with Crippen LogP contribution in [0.2, 0.25) is 0 Å². The van der Waals surface area contributed by atoms with Crippen molar-refractivity contribution in [3.05, 3.63) is 29.3 Å². The number of carbonyl (C=O) groups excluding carboxylic acids is 1. The predicted octanol–water partition coefficient (Wildman–Crippen LogP) is 3.54. The first kappa shape index (κ1) is 17.5. The highest BCUT2D eigenvalue weighted by Crippen LogP contribution is 2.22. The summed E-state index contributed by atoms with van der Waals surface area (Å²) in [5.74, 6) is 0.719. The zero-order valence-electron chi connectivity index (χ0n) is 13.7. The third-order valence-corrected chi connectivity index (χ3v) is 3.18. The van der Waals surface area contributed by atoms with Gasteiger partial charge in [-0.05, 0) is 52.3 Å². The molecule has 4 heteroatoms. The van der Waals surface area contributed by atoms with Gasteiger partial charge in [0.25, 0.3) is 5.91 Å². The average molecular weight is 293 g/mol. The summed E-state index contributed by atoms with van der Waals surface area (Å²) in [5, 5.41) is 2.97. The van der Waals surface area contributed by atoms with Gasteiger partial charge in [0, 0.05) is 17.2 Å². The number of benzene rings is 1. The minimum absolute atomic E-state index is 0.0572. The third kappa shape index (κ3) is 5.76. The summed E-state index contributed by atoms with van der Waals surface area (Å²) in [4.78, 5) is 12.2. The normalized spacial score (nSPS) is 12.3. The fraction of sp³-hybridized carbons (Fsp3) is 0.588. The smallest absolute Gasteiger partial charge is 0.251 e. The van der Waals surface area contributed by atoms with Crippen molar-refractivity contribution in [2.45, 2.75) is 59.8 Å². The molecule has 0 saturated heterocycles. The van der Waals surface area contributed by atoms with Gasteiger partial charge < -0.3 is 14.8 Å². The lowest BCUT2D eigenvalue weighted by molar-refractivity contribution is 0.0641. The van der Waals surface area contributed by atoms with Crippen molar-refractivity contribution in [2.24, 2.45) is 0 Å². The van der Waals surface area contributed by atoms with E-state index in [0.717, 1.165) is 17.7 Å². The highest BCUT2D eigenvalue weighted by molar-refractivity contribution is 5.94. The Hall–Kier alpha value is -1.55. The molecule has 0 aromatic heterocycles. The van der Waals surface area contributed by atoms with Gasteiger partial charge in [-0.1, -0.05) is 6.92 Å². The van der Waals surface area contributed by atoms with E-state index in [2.05, 4.69) is 5.32 Å². The molecule has 0 radical (unpaired) electrons. The van der Waals surface area contributed by atoms with Crippen LogP contribution < -0.4 is 10.1 Å². The number of ether oxygens (including phenoxy) is 2. The number of hydrogen-bond donors (Lipinski definition) is 1. The summed E-state index contributed by atoms with van der Waals surface area (Å²) in [6.07, 6.45) is 1.04. The Bertz CT molecular complexity index is 457. The second-order valence-electron chi connectivity index (χ2n) is 5.40. The number of amides is 1. The van der Waals surface area contributed by atoms with Gasteiger partial charge in [-0.15, -0.1) is 0 Å². The molecule has 1 rings (SSSR count). The highest BCUT2D eigenvalue weighted by Gasteiger charge is 2.12. The van der Waals surface area contributed by atoms with E-state index in [9.17, 15) is 4.79 Å². The molecule has 1 N–H and O–H groups in total. The van der Waals surface area contributed by atoms with Crippen LogP contribution in [0.3, 0.4) is 0 Å². The van der Waals surface area contributed by atoms with Gasteiger partial charge in [0.1, 0.15) is 5.75 Å². The molecular weight excluding hydrogens is 266 g/mol. The molecule has 1 aromatic carbocycles. The van der Waals surface area contributed by atoms with Crippen molar-refractivity contribution in [3.63, 3.8) is 0 Å². The van der Waals surface area contributed by atoms with E-state index in [4.69, 9.17) is 9.47 Å². The Morgan fingerprint density at radius 3 is 2.52 bits per heavy atom. The standard InChI is InChI=1S/C17H27NO3/c1-6-13(5)18-17(19)14-8-9-16(20-7-2)15(10-14)11-21-12(3)4/h8-10,12-13H,6-7,11H2,1-5H3,(H,18,19)/t13-/m0/s1. The van der Waals surface area contributed by atoms with Gasteiger partial charge >= 0.3 is 0 Å². The van der Waals surface area contributed by atoms with E-state index >= 15 is 0 Å². The first-order chi connectivity index (χ1) is 9.97. The second kappa shape index (κ2) is 8.67. The summed E-state index contributed by atoms with van der Waals surface area (Å²) < 4.78 is 11.2.